The van der Waals surface area contributed by atoms with Crippen LogP contribution in [-0.2, 0) is 18.7 Å². The van der Waals surface area contributed by atoms with Crippen molar-refractivity contribution < 1.29 is 23.8 Å². The molecule has 1 fully saturated rings. The van der Waals surface area contributed by atoms with E-state index in [9.17, 15) is 14.2 Å². The maximum atomic E-state index is 12.2. The van der Waals surface area contributed by atoms with Crippen LogP contribution in [0.1, 0.15) is 19.3 Å². The lowest BCUT2D eigenvalue weighted by Crippen LogP contribution is -2.47. The van der Waals surface area contributed by atoms with Gasteiger partial charge in [0, 0.05) is 45.7 Å². The number of hydrogen-bond donors (Lipinski definition) is 2. The van der Waals surface area contributed by atoms with Crippen molar-refractivity contribution in [2.45, 2.75) is 19.3 Å². The summed E-state index contributed by atoms with van der Waals surface area (Å²) in [5.41, 5.74) is 0. The molecule has 1 aliphatic heterocycles. The molecule has 0 radical (unpaired) electrons. The maximum absolute atomic E-state index is 12.2. The summed E-state index contributed by atoms with van der Waals surface area (Å²) in [6.07, 6.45) is 0.596. The molecule has 9 heteroatoms. The summed E-state index contributed by atoms with van der Waals surface area (Å²) in [5, 5.41) is 8.53. The van der Waals surface area contributed by atoms with Crippen LogP contribution in [0.15, 0.2) is 0 Å². The Labute approximate surface area is 124 Å². The SMILES string of the molecule is CP(=O)(OCS)N1CCN(C(=O)CCCC(=O)O)CC1. The third-order valence-corrected chi connectivity index (χ3v) is 5.57. The lowest BCUT2D eigenvalue weighted by Gasteiger charge is -2.37. The molecule has 0 aromatic carbocycles. The van der Waals surface area contributed by atoms with Crippen LogP contribution in [0.25, 0.3) is 0 Å². The zero-order valence-corrected chi connectivity index (χ0v) is 13.3. The van der Waals surface area contributed by atoms with Crippen molar-refractivity contribution in [2.75, 3.05) is 38.8 Å². The predicted octanol–water partition coefficient (Wildman–Crippen LogP) is 1.11. The summed E-state index contributed by atoms with van der Waals surface area (Å²) in [4.78, 5) is 23.9. The van der Waals surface area contributed by atoms with Crippen LogP contribution in [-0.4, -0.2) is 65.3 Å². The number of hydrogen-bond acceptors (Lipinski definition) is 5. The minimum Gasteiger partial charge on any atom is -0.481 e. The van der Waals surface area contributed by atoms with Gasteiger partial charge in [-0.2, -0.15) is 12.6 Å². The van der Waals surface area contributed by atoms with E-state index in [4.69, 9.17) is 9.63 Å². The number of piperazine rings is 1. The lowest BCUT2D eigenvalue weighted by atomic mass is 10.2. The molecule has 1 amide bonds. The molecular weight excluding hydrogens is 303 g/mol. The molecule has 7 nitrogen and oxygen atoms in total. The Bertz CT molecular complexity index is 398. The molecule has 1 unspecified atom stereocenters. The number of amides is 1. The highest BCUT2D eigenvalue weighted by atomic mass is 32.1. The van der Waals surface area contributed by atoms with Crippen LogP contribution in [0, 0.1) is 0 Å². The van der Waals surface area contributed by atoms with Gasteiger partial charge in [0.15, 0.2) is 0 Å². The Kier molecular flexibility index (Phi) is 7.02. The average molecular weight is 324 g/mol. The Morgan fingerprint density at radius 1 is 1.25 bits per heavy atom. The van der Waals surface area contributed by atoms with Gasteiger partial charge < -0.3 is 14.5 Å². The first-order valence-electron chi connectivity index (χ1n) is 6.44. The van der Waals surface area contributed by atoms with E-state index in [0.29, 0.717) is 32.6 Å². The van der Waals surface area contributed by atoms with Gasteiger partial charge in [-0.1, -0.05) is 0 Å². The molecule has 0 bridgehead atoms. The van der Waals surface area contributed by atoms with Gasteiger partial charge in [-0.05, 0) is 6.42 Å². The molecule has 1 aliphatic rings. The second-order valence-corrected chi connectivity index (χ2v) is 7.33. The third kappa shape index (κ3) is 5.44. The van der Waals surface area contributed by atoms with Crippen LogP contribution in [0.4, 0.5) is 0 Å². The molecule has 0 aromatic heterocycles. The number of aliphatic carboxylic acids is 1. The fourth-order valence-electron chi connectivity index (χ4n) is 2.05. The topological polar surface area (TPSA) is 87.2 Å². The van der Waals surface area contributed by atoms with Crippen molar-refractivity contribution in [3.8, 4) is 0 Å². The minimum absolute atomic E-state index is 0.00561. The van der Waals surface area contributed by atoms with Crippen molar-refractivity contribution >= 4 is 32.0 Å². The van der Waals surface area contributed by atoms with Crippen LogP contribution in [0.2, 0.25) is 0 Å². The average Bonchev–Trinajstić information content (AvgIpc) is 2.38. The molecule has 0 aromatic rings. The third-order valence-electron chi connectivity index (χ3n) is 3.20. The van der Waals surface area contributed by atoms with E-state index < -0.39 is 13.5 Å². The Hall–Kier alpha value is -0.560. The van der Waals surface area contributed by atoms with Gasteiger partial charge in [0.2, 0.25) is 5.91 Å². The summed E-state index contributed by atoms with van der Waals surface area (Å²) >= 11 is 3.91. The van der Waals surface area contributed by atoms with E-state index in [1.165, 1.54) is 0 Å². The van der Waals surface area contributed by atoms with E-state index in [-0.39, 0.29) is 24.7 Å². The molecule has 1 rings (SSSR count). The number of carboxylic acid groups (broad SMARTS) is 1. The highest BCUT2D eigenvalue weighted by molar-refractivity contribution is 7.80. The molecule has 1 N–H and O–H groups in total. The van der Waals surface area contributed by atoms with Gasteiger partial charge in [0.1, 0.15) is 0 Å². The normalized spacial score (nSPS) is 19.6. The second-order valence-electron chi connectivity index (χ2n) is 4.64. The van der Waals surface area contributed by atoms with Gasteiger partial charge in [-0.3, -0.25) is 14.2 Å². The molecule has 1 saturated heterocycles. The van der Waals surface area contributed by atoms with Crippen LogP contribution >= 0.6 is 20.1 Å². The number of carboxylic acids is 1. The number of thiol groups is 1. The lowest BCUT2D eigenvalue weighted by molar-refractivity contribution is -0.137. The summed E-state index contributed by atoms with van der Waals surface area (Å²) in [7, 11) is -2.82. The molecule has 1 heterocycles. The molecule has 0 spiro atoms. The van der Waals surface area contributed by atoms with E-state index in [0.717, 1.165) is 0 Å². The Balaban J connectivity index is 2.36. The van der Waals surface area contributed by atoms with Crippen molar-refractivity contribution in [1.82, 2.24) is 9.57 Å². The fraction of sp³-hybridized carbons (Fsp3) is 0.818. The first kappa shape index (κ1) is 17.5. The van der Waals surface area contributed by atoms with Crippen LogP contribution in [0.5, 0.6) is 0 Å². The van der Waals surface area contributed by atoms with Crippen LogP contribution in [0.3, 0.4) is 0 Å². The number of nitrogens with zero attached hydrogens (tertiary/aromatic N) is 2. The molecule has 0 saturated carbocycles. The van der Waals surface area contributed by atoms with Gasteiger partial charge in [0.05, 0.1) is 5.94 Å². The van der Waals surface area contributed by atoms with E-state index in [1.807, 2.05) is 0 Å². The quantitative estimate of drug-likeness (QED) is 0.414. The first-order valence-corrected chi connectivity index (χ1v) is 9.10. The zero-order chi connectivity index (χ0) is 15.2. The summed E-state index contributed by atoms with van der Waals surface area (Å²) < 4.78 is 19.1. The fourth-order valence-corrected chi connectivity index (χ4v) is 3.97. The second kappa shape index (κ2) is 8.02. The smallest absolute Gasteiger partial charge is 0.303 e. The molecule has 1 atom stereocenters. The Morgan fingerprint density at radius 2 is 1.85 bits per heavy atom. The first-order chi connectivity index (χ1) is 9.36. The van der Waals surface area contributed by atoms with Gasteiger partial charge in [-0.15, -0.1) is 0 Å². The molecule has 0 aliphatic carbocycles. The van der Waals surface area contributed by atoms with Crippen molar-refractivity contribution in [3.05, 3.63) is 0 Å². The van der Waals surface area contributed by atoms with E-state index in [1.54, 1.807) is 16.2 Å². The number of carbonyl (C=O) groups excluding carboxylic acids is 1. The molecule has 116 valence electrons. The van der Waals surface area contributed by atoms with Crippen molar-refractivity contribution in [2.24, 2.45) is 0 Å². The zero-order valence-electron chi connectivity index (χ0n) is 11.5. The van der Waals surface area contributed by atoms with Crippen LogP contribution < -0.4 is 0 Å². The van der Waals surface area contributed by atoms with Crippen molar-refractivity contribution in [3.63, 3.8) is 0 Å². The van der Waals surface area contributed by atoms with Gasteiger partial charge in [-0.25, -0.2) is 4.67 Å². The van der Waals surface area contributed by atoms with E-state index >= 15 is 0 Å². The highest BCUT2D eigenvalue weighted by Gasteiger charge is 2.30. The summed E-state index contributed by atoms with van der Waals surface area (Å²) in [6.45, 7) is 3.51. The van der Waals surface area contributed by atoms with Gasteiger partial charge in [0.25, 0.3) is 7.52 Å². The highest BCUT2D eigenvalue weighted by Crippen LogP contribution is 2.47. The summed E-state index contributed by atoms with van der Waals surface area (Å²) in [5.74, 6) is -0.840. The predicted molar refractivity (Wildman–Crippen MR) is 78.1 cm³/mol. The number of rotatable bonds is 7. The Morgan fingerprint density at radius 3 is 2.35 bits per heavy atom. The van der Waals surface area contributed by atoms with Gasteiger partial charge >= 0.3 is 5.97 Å². The minimum atomic E-state index is -2.82. The maximum Gasteiger partial charge on any atom is 0.303 e. The largest absolute Gasteiger partial charge is 0.481 e. The number of carbonyl (C=O) groups is 2. The van der Waals surface area contributed by atoms with E-state index in [2.05, 4.69) is 12.6 Å². The molecule has 20 heavy (non-hydrogen) atoms. The van der Waals surface area contributed by atoms with Crippen molar-refractivity contribution in [1.29, 1.82) is 0 Å². The molecular formula is C11H21N2O5PS. The monoisotopic (exact) mass is 324 g/mol. The standard InChI is InChI=1S/C11H21N2O5PS/c1-19(17,18-9-20)13-7-5-12(6-8-13)10(14)3-2-4-11(15)16/h20H,2-9H2,1H3,(H,15,16). The summed E-state index contributed by atoms with van der Waals surface area (Å²) in [6, 6.07) is 0.